The molecule has 1 aliphatic carbocycles. The maximum Gasteiger partial charge on any atom is 0.227 e. The summed E-state index contributed by atoms with van der Waals surface area (Å²) >= 11 is 0. The van der Waals surface area contributed by atoms with Crippen LogP contribution in [-0.2, 0) is 10.2 Å². The minimum atomic E-state index is -0.253. The van der Waals surface area contributed by atoms with E-state index in [0.717, 1.165) is 12.8 Å². The van der Waals surface area contributed by atoms with Gasteiger partial charge in [-0.1, -0.05) is 26.8 Å². The molecule has 4 heteroatoms. The zero-order valence-electron chi connectivity index (χ0n) is 10.9. The van der Waals surface area contributed by atoms with Crippen molar-refractivity contribution >= 4 is 11.6 Å². The number of rotatable bonds is 2. The van der Waals surface area contributed by atoms with Gasteiger partial charge in [-0.25, -0.2) is 0 Å². The van der Waals surface area contributed by atoms with Gasteiger partial charge < -0.3 is 15.5 Å². The molecule has 1 amide bonds. The lowest BCUT2D eigenvalue weighted by Gasteiger charge is -2.22. The maximum atomic E-state index is 11.7. The van der Waals surface area contributed by atoms with Crippen LogP contribution < -0.4 is 5.32 Å². The smallest absolute Gasteiger partial charge is 0.227 e. The molecule has 0 atom stereocenters. The van der Waals surface area contributed by atoms with E-state index < -0.39 is 0 Å². The summed E-state index contributed by atoms with van der Waals surface area (Å²) in [6.45, 7) is 5.89. The van der Waals surface area contributed by atoms with E-state index in [2.05, 4.69) is 5.32 Å². The Kier molecular flexibility index (Phi) is 2.97. The van der Waals surface area contributed by atoms with Crippen molar-refractivity contribution in [3.8, 4) is 11.5 Å². The number of hydrogen-bond donors (Lipinski definition) is 3. The molecule has 0 aliphatic heterocycles. The number of amides is 1. The third-order valence-corrected chi connectivity index (χ3v) is 3.16. The summed E-state index contributed by atoms with van der Waals surface area (Å²) in [5.74, 6) is -0.250. The average molecular weight is 249 g/mol. The van der Waals surface area contributed by atoms with Crippen LogP contribution >= 0.6 is 0 Å². The summed E-state index contributed by atoms with van der Waals surface area (Å²) in [4.78, 5) is 11.7. The fraction of sp³-hybridized carbons (Fsp3) is 0.500. The van der Waals surface area contributed by atoms with E-state index in [4.69, 9.17) is 0 Å². The summed E-state index contributed by atoms with van der Waals surface area (Å²) in [6.07, 6.45) is 1.76. The first-order valence-corrected chi connectivity index (χ1v) is 6.17. The fourth-order valence-electron chi connectivity index (χ4n) is 1.88. The molecule has 3 N–H and O–H groups in total. The van der Waals surface area contributed by atoms with Gasteiger partial charge in [-0.2, -0.15) is 0 Å². The third kappa shape index (κ3) is 2.42. The van der Waals surface area contributed by atoms with Crippen molar-refractivity contribution in [2.75, 3.05) is 5.32 Å². The second kappa shape index (κ2) is 4.19. The quantitative estimate of drug-likeness (QED) is 0.706. The number of nitrogens with one attached hydrogen (secondary N) is 1. The Morgan fingerprint density at radius 1 is 1.28 bits per heavy atom. The first-order chi connectivity index (χ1) is 8.30. The normalized spacial score (nSPS) is 15.5. The molecule has 98 valence electrons. The van der Waals surface area contributed by atoms with Crippen LogP contribution in [0.3, 0.4) is 0 Å². The highest BCUT2D eigenvalue weighted by atomic mass is 16.3. The van der Waals surface area contributed by atoms with Gasteiger partial charge in [0.05, 0.1) is 0 Å². The highest BCUT2D eigenvalue weighted by Gasteiger charge is 2.31. The van der Waals surface area contributed by atoms with Crippen LogP contribution in [-0.4, -0.2) is 16.1 Å². The lowest BCUT2D eigenvalue weighted by atomic mass is 9.86. The molecule has 1 saturated carbocycles. The zero-order valence-corrected chi connectivity index (χ0v) is 10.9. The van der Waals surface area contributed by atoms with Crippen LogP contribution in [0.2, 0.25) is 0 Å². The van der Waals surface area contributed by atoms with Crippen LogP contribution in [0.5, 0.6) is 11.5 Å². The molecule has 1 fully saturated rings. The Labute approximate surface area is 107 Å². The van der Waals surface area contributed by atoms with Gasteiger partial charge in [-0.05, 0) is 24.3 Å². The summed E-state index contributed by atoms with van der Waals surface area (Å²) in [7, 11) is 0. The Balaban J connectivity index is 2.36. The van der Waals surface area contributed by atoms with Gasteiger partial charge in [0, 0.05) is 11.5 Å². The number of phenols is 2. The van der Waals surface area contributed by atoms with E-state index >= 15 is 0 Å². The molecule has 0 aromatic heterocycles. The lowest BCUT2D eigenvalue weighted by molar-refractivity contribution is -0.117. The monoisotopic (exact) mass is 249 g/mol. The van der Waals surface area contributed by atoms with Crippen molar-refractivity contribution in [3.63, 3.8) is 0 Å². The van der Waals surface area contributed by atoms with Crippen LogP contribution in [0, 0.1) is 5.92 Å². The standard InChI is InChI=1S/C14H19NO3/c1-14(2,3)9-6-7-10(16)11(12(9)17)15-13(18)8-4-5-8/h6-8,16-17H,4-5H2,1-3H3,(H,15,18). The van der Waals surface area contributed by atoms with E-state index in [9.17, 15) is 15.0 Å². The van der Waals surface area contributed by atoms with Crippen LogP contribution in [0.15, 0.2) is 12.1 Å². The molecule has 1 aromatic rings. The molecule has 0 heterocycles. The Bertz CT molecular complexity index is 485. The van der Waals surface area contributed by atoms with Gasteiger partial charge in [0.15, 0.2) is 0 Å². The predicted octanol–water partition coefficient (Wildman–Crippen LogP) is 2.74. The number of carbonyl (C=O) groups excluding carboxylic acids is 1. The van der Waals surface area contributed by atoms with E-state index in [1.54, 1.807) is 6.07 Å². The summed E-state index contributed by atoms with van der Waals surface area (Å²) < 4.78 is 0. The molecule has 2 rings (SSSR count). The lowest BCUT2D eigenvalue weighted by Crippen LogP contribution is -2.16. The van der Waals surface area contributed by atoms with Crippen molar-refractivity contribution < 1.29 is 15.0 Å². The average Bonchev–Trinajstić information content (AvgIpc) is 3.05. The summed E-state index contributed by atoms with van der Waals surface area (Å²) in [6, 6.07) is 3.18. The Morgan fingerprint density at radius 3 is 2.39 bits per heavy atom. The van der Waals surface area contributed by atoms with Crippen LogP contribution in [0.25, 0.3) is 0 Å². The first-order valence-electron chi connectivity index (χ1n) is 6.17. The van der Waals surface area contributed by atoms with Crippen molar-refractivity contribution in [3.05, 3.63) is 17.7 Å². The van der Waals surface area contributed by atoms with E-state index in [-0.39, 0.29) is 34.4 Å². The van der Waals surface area contributed by atoms with E-state index in [0.29, 0.717) is 5.56 Å². The fourth-order valence-corrected chi connectivity index (χ4v) is 1.88. The molecular weight excluding hydrogens is 230 g/mol. The number of anilines is 1. The van der Waals surface area contributed by atoms with Crippen LogP contribution in [0.4, 0.5) is 5.69 Å². The van der Waals surface area contributed by atoms with Gasteiger partial charge in [0.1, 0.15) is 17.2 Å². The number of carbonyl (C=O) groups is 1. The summed E-state index contributed by atoms with van der Waals surface area (Å²) in [5, 5.41) is 22.6. The molecule has 1 aliphatic rings. The number of benzene rings is 1. The number of phenolic OH excluding ortho intramolecular Hbond substituents is 2. The molecule has 4 nitrogen and oxygen atoms in total. The highest BCUT2D eigenvalue weighted by molar-refractivity contribution is 5.97. The van der Waals surface area contributed by atoms with E-state index in [1.807, 2.05) is 20.8 Å². The van der Waals surface area contributed by atoms with Crippen molar-refractivity contribution in [1.29, 1.82) is 0 Å². The van der Waals surface area contributed by atoms with E-state index in [1.165, 1.54) is 6.07 Å². The van der Waals surface area contributed by atoms with Gasteiger partial charge in [-0.3, -0.25) is 4.79 Å². The second-order valence-electron chi connectivity index (χ2n) is 5.87. The number of aromatic hydroxyl groups is 2. The molecule has 1 aromatic carbocycles. The summed E-state index contributed by atoms with van der Waals surface area (Å²) in [5.41, 5.74) is 0.572. The molecule has 0 radical (unpaired) electrons. The molecule has 0 spiro atoms. The first kappa shape index (κ1) is 12.7. The van der Waals surface area contributed by atoms with Gasteiger partial charge in [-0.15, -0.1) is 0 Å². The predicted molar refractivity (Wildman–Crippen MR) is 69.8 cm³/mol. The third-order valence-electron chi connectivity index (χ3n) is 3.16. The molecule has 18 heavy (non-hydrogen) atoms. The zero-order chi connectivity index (χ0) is 13.5. The maximum absolute atomic E-state index is 11.7. The molecule has 0 unspecified atom stereocenters. The van der Waals surface area contributed by atoms with Crippen LogP contribution in [0.1, 0.15) is 39.2 Å². The second-order valence-corrected chi connectivity index (χ2v) is 5.87. The van der Waals surface area contributed by atoms with Crippen molar-refractivity contribution in [1.82, 2.24) is 0 Å². The van der Waals surface area contributed by atoms with Crippen molar-refractivity contribution in [2.24, 2.45) is 5.92 Å². The minimum absolute atomic E-state index is 0.0297. The van der Waals surface area contributed by atoms with Crippen molar-refractivity contribution in [2.45, 2.75) is 39.0 Å². The molecule has 0 bridgehead atoms. The topological polar surface area (TPSA) is 69.6 Å². The van der Waals surface area contributed by atoms with Gasteiger partial charge in [0.2, 0.25) is 5.91 Å². The molecular formula is C14H19NO3. The highest BCUT2D eigenvalue weighted by Crippen LogP contribution is 2.42. The minimum Gasteiger partial charge on any atom is -0.506 e. The Morgan fingerprint density at radius 2 is 1.89 bits per heavy atom. The van der Waals surface area contributed by atoms with Gasteiger partial charge in [0.25, 0.3) is 0 Å². The largest absolute Gasteiger partial charge is 0.506 e. The Hall–Kier alpha value is -1.71. The molecule has 0 saturated heterocycles. The van der Waals surface area contributed by atoms with Gasteiger partial charge >= 0.3 is 0 Å². The number of hydrogen-bond acceptors (Lipinski definition) is 3. The SMILES string of the molecule is CC(C)(C)c1ccc(O)c(NC(=O)C2CC2)c1O.